The van der Waals surface area contributed by atoms with Gasteiger partial charge in [0.15, 0.2) is 0 Å². The predicted octanol–water partition coefficient (Wildman–Crippen LogP) is 1.27. The van der Waals surface area contributed by atoms with Crippen LogP contribution in [0.2, 0.25) is 0 Å². The predicted molar refractivity (Wildman–Crippen MR) is 80.1 cm³/mol. The molecule has 0 aromatic carbocycles. The lowest BCUT2D eigenvalue weighted by atomic mass is 9.96. The molecule has 3 unspecified atom stereocenters. The van der Waals surface area contributed by atoms with Gasteiger partial charge in [-0.15, -0.1) is 0 Å². The van der Waals surface area contributed by atoms with Gasteiger partial charge in [0, 0.05) is 19.1 Å². The van der Waals surface area contributed by atoms with Crippen LogP contribution in [-0.2, 0) is 4.79 Å². The van der Waals surface area contributed by atoms with Gasteiger partial charge in [-0.25, -0.2) is 4.79 Å². The van der Waals surface area contributed by atoms with Crippen LogP contribution in [0.4, 0.5) is 4.79 Å². The van der Waals surface area contributed by atoms with Crippen LogP contribution < -0.4 is 10.6 Å². The molecule has 6 heteroatoms. The molecule has 2 amide bonds. The minimum Gasteiger partial charge on any atom is -0.481 e. The van der Waals surface area contributed by atoms with Gasteiger partial charge in [-0.2, -0.15) is 0 Å². The molecule has 21 heavy (non-hydrogen) atoms. The van der Waals surface area contributed by atoms with Crippen molar-refractivity contribution < 1.29 is 14.7 Å². The third-order valence-corrected chi connectivity index (χ3v) is 4.79. The number of nitrogens with zero attached hydrogens (tertiary/aromatic N) is 1. The molecule has 2 fully saturated rings. The van der Waals surface area contributed by atoms with E-state index in [2.05, 4.69) is 22.5 Å². The van der Waals surface area contributed by atoms with Gasteiger partial charge in [0.2, 0.25) is 0 Å². The second-order valence-corrected chi connectivity index (χ2v) is 6.22. The van der Waals surface area contributed by atoms with E-state index < -0.39 is 5.97 Å². The number of carboxylic acids is 1. The zero-order valence-corrected chi connectivity index (χ0v) is 12.8. The van der Waals surface area contributed by atoms with Crippen molar-refractivity contribution in [2.75, 3.05) is 26.2 Å². The van der Waals surface area contributed by atoms with E-state index in [1.165, 1.54) is 0 Å². The minimum absolute atomic E-state index is 0.0757. The topological polar surface area (TPSA) is 81.7 Å². The fourth-order valence-corrected chi connectivity index (χ4v) is 3.53. The van der Waals surface area contributed by atoms with Crippen molar-refractivity contribution in [3.05, 3.63) is 0 Å². The molecule has 1 heterocycles. The number of aliphatic carboxylic acids is 1. The number of hydrogen-bond acceptors (Lipinski definition) is 3. The maximum Gasteiger partial charge on any atom is 0.315 e. The van der Waals surface area contributed by atoms with E-state index in [0.29, 0.717) is 6.54 Å². The number of urea groups is 1. The van der Waals surface area contributed by atoms with Gasteiger partial charge in [0.05, 0.1) is 5.92 Å². The van der Waals surface area contributed by atoms with Gasteiger partial charge < -0.3 is 20.6 Å². The van der Waals surface area contributed by atoms with Crippen molar-refractivity contribution in [2.45, 2.75) is 45.1 Å². The Morgan fingerprint density at radius 1 is 1.24 bits per heavy atom. The van der Waals surface area contributed by atoms with Crippen molar-refractivity contribution in [3.63, 3.8) is 0 Å². The Bertz CT molecular complexity index is 375. The number of likely N-dealkylation sites (N-methyl/N-ethyl adjacent to an activating group) is 1. The van der Waals surface area contributed by atoms with Crippen molar-refractivity contribution >= 4 is 12.0 Å². The number of rotatable bonds is 5. The molecule has 0 radical (unpaired) electrons. The van der Waals surface area contributed by atoms with Crippen LogP contribution >= 0.6 is 0 Å². The molecule has 0 spiro atoms. The number of hydrogen-bond donors (Lipinski definition) is 3. The Morgan fingerprint density at radius 3 is 2.76 bits per heavy atom. The number of carboxylic acid groups (broad SMARTS) is 1. The molecule has 1 saturated heterocycles. The SMILES string of the molecule is CCN1CCCC(NC(=O)NCC2CCCC2C(=O)O)C1. The lowest BCUT2D eigenvalue weighted by Crippen LogP contribution is -2.51. The number of nitrogens with one attached hydrogen (secondary N) is 2. The van der Waals surface area contributed by atoms with Crippen molar-refractivity contribution in [2.24, 2.45) is 11.8 Å². The van der Waals surface area contributed by atoms with Gasteiger partial charge in [-0.1, -0.05) is 13.3 Å². The average Bonchev–Trinajstić information content (AvgIpc) is 2.94. The number of amides is 2. The average molecular weight is 297 g/mol. The highest BCUT2D eigenvalue weighted by molar-refractivity contribution is 5.74. The van der Waals surface area contributed by atoms with E-state index in [1.807, 2.05) is 0 Å². The van der Waals surface area contributed by atoms with Gasteiger partial charge in [-0.05, 0) is 44.7 Å². The van der Waals surface area contributed by atoms with Gasteiger partial charge in [-0.3, -0.25) is 4.79 Å². The molecule has 0 aromatic heterocycles. The molecule has 0 aromatic rings. The van der Waals surface area contributed by atoms with Crippen LogP contribution in [-0.4, -0.2) is 54.2 Å². The summed E-state index contributed by atoms with van der Waals surface area (Å²) in [5.41, 5.74) is 0. The lowest BCUT2D eigenvalue weighted by molar-refractivity contribution is -0.142. The molecule has 2 rings (SSSR count). The molecule has 3 N–H and O–H groups in total. The maximum absolute atomic E-state index is 12.0. The van der Waals surface area contributed by atoms with Crippen molar-refractivity contribution in [1.82, 2.24) is 15.5 Å². The van der Waals surface area contributed by atoms with Gasteiger partial charge in [0.1, 0.15) is 0 Å². The maximum atomic E-state index is 12.0. The van der Waals surface area contributed by atoms with Crippen LogP contribution in [0.15, 0.2) is 0 Å². The molecular formula is C15H27N3O3. The molecule has 1 aliphatic carbocycles. The van der Waals surface area contributed by atoms with Crippen LogP contribution in [0.25, 0.3) is 0 Å². The van der Waals surface area contributed by atoms with E-state index in [0.717, 1.165) is 51.7 Å². The molecule has 0 bridgehead atoms. The van der Waals surface area contributed by atoms with E-state index in [9.17, 15) is 9.59 Å². The standard InChI is InChI=1S/C15H27N3O3/c1-2-18-8-4-6-12(10-18)17-15(21)16-9-11-5-3-7-13(11)14(19)20/h11-13H,2-10H2,1H3,(H,19,20)(H2,16,17,21). The van der Waals surface area contributed by atoms with Crippen LogP contribution in [0.1, 0.15) is 39.0 Å². The Morgan fingerprint density at radius 2 is 2.05 bits per heavy atom. The Kier molecular flexibility index (Phi) is 5.85. The molecule has 3 atom stereocenters. The number of carbonyl (C=O) groups is 2. The Labute approximate surface area is 126 Å². The van der Waals surface area contributed by atoms with E-state index in [-0.39, 0.29) is 23.9 Å². The number of carbonyl (C=O) groups excluding carboxylic acids is 1. The molecule has 1 saturated carbocycles. The summed E-state index contributed by atoms with van der Waals surface area (Å²) in [6, 6.07) is 0.0477. The third-order valence-electron chi connectivity index (χ3n) is 4.79. The first-order valence-electron chi connectivity index (χ1n) is 8.09. The van der Waals surface area contributed by atoms with Gasteiger partial charge in [0.25, 0.3) is 0 Å². The molecule has 120 valence electrons. The van der Waals surface area contributed by atoms with E-state index >= 15 is 0 Å². The first-order valence-corrected chi connectivity index (χ1v) is 8.09. The highest BCUT2D eigenvalue weighted by Crippen LogP contribution is 2.31. The summed E-state index contributed by atoms with van der Waals surface area (Å²) >= 11 is 0. The van der Waals surface area contributed by atoms with Crippen LogP contribution in [0.3, 0.4) is 0 Å². The smallest absolute Gasteiger partial charge is 0.315 e. The van der Waals surface area contributed by atoms with E-state index in [1.54, 1.807) is 0 Å². The lowest BCUT2D eigenvalue weighted by Gasteiger charge is -2.32. The fraction of sp³-hybridized carbons (Fsp3) is 0.867. The Balaban J connectivity index is 1.71. The van der Waals surface area contributed by atoms with Crippen LogP contribution in [0.5, 0.6) is 0 Å². The van der Waals surface area contributed by atoms with Crippen LogP contribution in [0, 0.1) is 11.8 Å². The van der Waals surface area contributed by atoms with E-state index in [4.69, 9.17) is 5.11 Å². The first kappa shape index (κ1) is 16.1. The summed E-state index contributed by atoms with van der Waals surface area (Å²) in [5, 5.41) is 15.0. The van der Waals surface area contributed by atoms with Gasteiger partial charge >= 0.3 is 12.0 Å². The zero-order valence-electron chi connectivity index (χ0n) is 12.8. The minimum atomic E-state index is -0.731. The first-order chi connectivity index (χ1) is 10.1. The molecule has 1 aliphatic heterocycles. The highest BCUT2D eigenvalue weighted by atomic mass is 16.4. The summed E-state index contributed by atoms with van der Waals surface area (Å²) in [4.78, 5) is 25.4. The normalized spacial score (nSPS) is 30.0. The monoisotopic (exact) mass is 297 g/mol. The second kappa shape index (κ2) is 7.64. The quantitative estimate of drug-likeness (QED) is 0.714. The highest BCUT2D eigenvalue weighted by Gasteiger charge is 2.33. The third kappa shape index (κ3) is 4.59. The molecule has 2 aliphatic rings. The van der Waals surface area contributed by atoms with Crippen molar-refractivity contribution in [3.8, 4) is 0 Å². The summed E-state index contributed by atoms with van der Waals surface area (Å²) < 4.78 is 0. The summed E-state index contributed by atoms with van der Waals surface area (Å²) in [5.74, 6) is -0.951. The summed E-state index contributed by atoms with van der Waals surface area (Å²) in [6.07, 6.45) is 4.70. The molecule has 6 nitrogen and oxygen atoms in total. The largest absolute Gasteiger partial charge is 0.481 e. The second-order valence-electron chi connectivity index (χ2n) is 6.22. The number of piperidine rings is 1. The fourth-order valence-electron chi connectivity index (χ4n) is 3.53. The van der Waals surface area contributed by atoms with Crippen molar-refractivity contribution in [1.29, 1.82) is 0 Å². The summed E-state index contributed by atoms with van der Waals surface area (Å²) in [7, 11) is 0. The zero-order chi connectivity index (χ0) is 15.2. The summed E-state index contributed by atoms with van der Waals surface area (Å²) in [6.45, 7) is 5.63. The number of likely N-dealkylation sites (tertiary alicyclic amines) is 1. The molecular weight excluding hydrogens is 270 g/mol. The Hall–Kier alpha value is -1.30.